The molecule has 4 heteroatoms. The molecule has 7 N–H and O–H groups in total. The van der Waals surface area contributed by atoms with Crippen molar-refractivity contribution in [3.05, 3.63) is 18.2 Å². The average molecular weight is 166 g/mol. The van der Waals surface area contributed by atoms with Gasteiger partial charge in [0, 0.05) is 18.8 Å². The van der Waals surface area contributed by atoms with Gasteiger partial charge in [-0.05, 0) is 18.2 Å². The van der Waals surface area contributed by atoms with E-state index in [4.69, 9.17) is 17.2 Å². The van der Waals surface area contributed by atoms with Gasteiger partial charge in [-0.1, -0.05) is 0 Å². The first-order valence-corrected chi connectivity index (χ1v) is 3.83. The van der Waals surface area contributed by atoms with Crippen molar-refractivity contribution in [1.82, 2.24) is 0 Å². The Morgan fingerprint density at radius 2 is 2.00 bits per heavy atom. The molecule has 0 bridgehead atoms. The molecule has 1 aromatic rings. The highest BCUT2D eigenvalue weighted by Gasteiger charge is 1.96. The van der Waals surface area contributed by atoms with Crippen LogP contribution in [0.4, 0.5) is 17.1 Å². The molecule has 0 aliphatic carbocycles. The molecule has 0 aliphatic rings. The lowest BCUT2D eigenvalue weighted by atomic mass is 10.2. The van der Waals surface area contributed by atoms with Crippen molar-refractivity contribution < 1.29 is 0 Å². The van der Waals surface area contributed by atoms with Crippen molar-refractivity contribution in [3.63, 3.8) is 0 Å². The molecule has 4 nitrogen and oxygen atoms in total. The first-order valence-electron chi connectivity index (χ1n) is 3.83. The number of hydrogen-bond donors (Lipinski definition) is 4. The van der Waals surface area contributed by atoms with Crippen molar-refractivity contribution in [2.75, 3.05) is 29.9 Å². The molecule has 0 aromatic heterocycles. The van der Waals surface area contributed by atoms with Crippen LogP contribution < -0.4 is 22.5 Å². The van der Waals surface area contributed by atoms with Gasteiger partial charge in [-0.3, -0.25) is 0 Å². The van der Waals surface area contributed by atoms with Crippen LogP contribution in [0.25, 0.3) is 0 Å². The van der Waals surface area contributed by atoms with Crippen LogP contribution in [-0.2, 0) is 0 Å². The van der Waals surface area contributed by atoms with Crippen molar-refractivity contribution in [2.45, 2.75) is 0 Å². The van der Waals surface area contributed by atoms with Gasteiger partial charge in [-0.2, -0.15) is 0 Å². The number of benzene rings is 1. The van der Waals surface area contributed by atoms with Crippen molar-refractivity contribution in [2.24, 2.45) is 5.73 Å². The normalized spacial score (nSPS) is 9.75. The Hall–Kier alpha value is -1.42. The summed E-state index contributed by atoms with van der Waals surface area (Å²) in [4.78, 5) is 0. The molecule has 0 heterocycles. The predicted octanol–water partition coefficient (Wildman–Crippen LogP) is 0.222. The van der Waals surface area contributed by atoms with E-state index < -0.39 is 0 Å². The summed E-state index contributed by atoms with van der Waals surface area (Å²) in [5.74, 6) is 0. The Morgan fingerprint density at radius 1 is 1.25 bits per heavy atom. The van der Waals surface area contributed by atoms with Crippen LogP contribution in [0.2, 0.25) is 0 Å². The third-order valence-electron chi connectivity index (χ3n) is 1.54. The minimum Gasteiger partial charge on any atom is -0.399 e. The van der Waals surface area contributed by atoms with E-state index in [9.17, 15) is 0 Å². The summed E-state index contributed by atoms with van der Waals surface area (Å²) in [6.45, 7) is 1.30. The van der Waals surface area contributed by atoms with Gasteiger partial charge < -0.3 is 22.5 Å². The van der Waals surface area contributed by atoms with E-state index in [1.165, 1.54) is 0 Å². The van der Waals surface area contributed by atoms with Gasteiger partial charge in [0.15, 0.2) is 0 Å². The minimum absolute atomic E-state index is 0.587. The van der Waals surface area contributed by atoms with Crippen LogP contribution in [-0.4, -0.2) is 13.1 Å². The fraction of sp³-hybridized carbons (Fsp3) is 0.250. The van der Waals surface area contributed by atoms with Gasteiger partial charge in [0.25, 0.3) is 0 Å². The molecule has 1 aromatic carbocycles. The van der Waals surface area contributed by atoms with Crippen LogP contribution >= 0.6 is 0 Å². The van der Waals surface area contributed by atoms with E-state index >= 15 is 0 Å². The summed E-state index contributed by atoms with van der Waals surface area (Å²) in [5.41, 5.74) is 18.7. The van der Waals surface area contributed by atoms with E-state index in [0.717, 1.165) is 5.69 Å². The van der Waals surface area contributed by atoms with E-state index in [1.54, 1.807) is 12.1 Å². The zero-order valence-electron chi connectivity index (χ0n) is 6.88. The highest BCUT2D eigenvalue weighted by molar-refractivity contribution is 5.70. The third-order valence-corrected chi connectivity index (χ3v) is 1.54. The van der Waals surface area contributed by atoms with E-state index in [0.29, 0.717) is 24.5 Å². The summed E-state index contributed by atoms with van der Waals surface area (Å²) < 4.78 is 0. The molecular formula is C8H14N4. The van der Waals surface area contributed by atoms with Gasteiger partial charge in [0.05, 0.1) is 11.4 Å². The van der Waals surface area contributed by atoms with Crippen LogP contribution in [0.5, 0.6) is 0 Å². The summed E-state index contributed by atoms with van der Waals surface area (Å²) in [7, 11) is 0. The summed E-state index contributed by atoms with van der Waals surface area (Å²) in [5, 5.41) is 3.08. The Balaban J connectivity index is 2.72. The molecule has 0 amide bonds. The highest BCUT2D eigenvalue weighted by atomic mass is 14.9. The molecule has 0 saturated heterocycles. The Bertz CT molecular complexity index is 259. The second-order valence-corrected chi connectivity index (χ2v) is 2.56. The second-order valence-electron chi connectivity index (χ2n) is 2.56. The van der Waals surface area contributed by atoms with Crippen LogP contribution in [0.15, 0.2) is 18.2 Å². The zero-order chi connectivity index (χ0) is 8.97. The molecule has 0 saturated carbocycles. The highest BCUT2D eigenvalue weighted by Crippen LogP contribution is 2.20. The molecule has 1 rings (SSSR count). The largest absolute Gasteiger partial charge is 0.399 e. The number of rotatable bonds is 3. The first-order chi connectivity index (χ1) is 5.74. The smallest absolute Gasteiger partial charge is 0.0575 e. The predicted molar refractivity (Wildman–Crippen MR) is 52.8 cm³/mol. The van der Waals surface area contributed by atoms with Gasteiger partial charge >= 0.3 is 0 Å². The van der Waals surface area contributed by atoms with Gasteiger partial charge in [-0.15, -0.1) is 0 Å². The standard InChI is InChI=1S/C8H14N4/c9-3-4-12-8-2-1-6(10)5-7(8)11/h1-2,5,12H,3-4,9-11H2. The van der Waals surface area contributed by atoms with Crippen LogP contribution in [0.1, 0.15) is 0 Å². The lowest BCUT2D eigenvalue weighted by Crippen LogP contribution is -2.14. The molecule has 66 valence electrons. The fourth-order valence-corrected chi connectivity index (χ4v) is 0.949. The number of nitrogens with one attached hydrogen (secondary N) is 1. The lowest BCUT2D eigenvalue weighted by Gasteiger charge is -2.07. The van der Waals surface area contributed by atoms with E-state index in [-0.39, 0.29) is 0 Å². The van der Waals surface area contributed by atoms with Gasteiger partial charge in [0.2, 0.25) is 0 Å². The van der Waals surface area contributed by atoms with Crippen LogP contribution in [0.3, 0.4) is 0 Å². The second kappa shape index (κ2) is 3.82. The Labute approximate surface area is 71.7 Å². The third kappa shape index (κ3) is 2.03. The minimum atomic E-state index is 0.587. The maximum atomic E-state index is 5.68. The molecular weight excluding hydrogens is 152 g/mol. The molecule has 0 aliphatic heterocycles. The molecule has 0 atom stereocenters. The number of nitrogen functional groups attached to an aromatic ring is 2. The summed E-state index contributed by atoms with van der Waals surface area (Å²) in [6, 6.07) is 5.37. The maximum absolute atomic E-state index is 5.68. The van der Waals surface area contributed by atoms with Gasteiger partial charge in [0.1, 0.15) is 0 Å². The number of hydrogen-bond acceptors (Lipinski definition) is 4. The maximum Gasteiger partial charge on any atom is 0.0575 e. The lowest BCUT2D eigenvalue weighted by molar-refractivity contribution is 1.03. The van der Waals surface area contributed by atoms with Crippen molar-refractivity contribution in [3.8, 4) is 0 Å². The summed E-state index contributed by atoms with van der Waals surface area (Å²) in [6.07, 6.45) is 0. The number of nitrogens with two attached hydrogens (primary N) is 3. The van der Waals surface area contributed by atoms with Gasteiger partial charge in [-0.25, -0.2) is 0 Å². The molecule has 0 unspecified atom stereocenters. The SMILES string of the molecule is NCCNc1ccc(N)cc1N. The van der Waals surface area contributed by atoms with Crippen molar-refractivity contribution >= 4 is 17.1 Å². The molecule has 0 fully saturated rings. The van der Waals surface area contributed by atoms with Crippen LogP contribution in [0, 0.1) is 0 Å². The van der Waals surface area contributed by atoms with Crippen molar-refractivity contribution in [1.29, 1.82) is 0 Å². The number of anilines is 3. The topological polar surface area (TPSA) is 90.1 Å². The monoisotopic (exact) mass is 166 g/mol. The van der Waals surface area contributed by atoms with E-state index in [2.05, 4.69) is 5.32 Å². The molecule has 0 spiro atoms. The quantitative estimate of drug-likeness (QED) is 0.483. The zero-order valence-corrected chi connectivity index (χ0v) is 6.88. The van der Waals surface area contributed by atoms with E-state index in [1.807, 2.05) is 6.07 Å². The summed E-state index contributed by atoms with van der Waals surface area (Å²) >= 11 is 0. The first kappa shape index (κ1) is 8.67. The Morgan fingerprint density at radius 3 is 2.58 bits per heavy atom. The molecule has 12 heavy (non-hydrogen) atoms. The fourth-order valence-electron chi connectivity index (χ4n) is 0.949. The average Bonchev–Trinajstić information content (AvgIpc) is 2.03. The molecule has 0 radical (unpaired) electrons. The Kier molecular flexibility index (Phi) is 2.76.